The van der Waals surface area contributed by atoms with E-state index in [1.54, 1.807) is 12.0 Å². The van der Waals surface area contributed by atoms with Crippen molar-refractivity contribution in [2.24, 2.45) is 5.92 Å². The standard InChI is InChI=1S/C21H31NO3/c1-21(2,3)25-20(23)22(18-12-14-19(24-4)15-13-18)16-8-11-17-9-6-5-7-10-17/h8,11-15,17H,5-7,9-10,16H2,1-4H3/b11-8+. The van der Waals surface area contributed by atoms with Gasteiger partial charge >= 0.3 is 6.09 Å². The maximum Gasteiger partial charge on any atom is 0.415 e. The third-order valence-electron chi connectivity index (χ3n) is 4.34. The Bertz CT molecular complexity index is 566. The van der Waals surface area contributed by atoms with Crippen molar-refractivity contribution in [3.8, 4) is 5.75 Å². The first kappa shape index (κ1) is 19.4. The Morgan fingerprint density at radius 1 is 1.16 bits per heavy atom. The van der Waals surface area contributed by atoms with Crippen LogP contribution in [0.25, 0.3) is 0 Å². The fourth-order valence-corrected chi connectivity index (χ4v) is 3.05. The Morgan fingerprint density at radius 3 is 2.36 bits per heavy atom. The molecular weight excluding hydrogens is 314 g/mol. The average Bonchev–Trinajstić information content (AvgIpc) is 2.58. The molecule has 1 aliphatic carbocycles. The lowest BCUT2D eigenvalue weighted by molar-refractivity contribution is 0.0584. The van der Waals surface area contributed by atoms with E-state index in [-0.39, 0.29) is 6.09 Å². The summed E-state index contributed by atoms with van der Waals surface area (Å²) in [5.41, 5.74) is 0.290. The van der Waals surface area contributed by atoms with Gasteiger partial charge in [-0.3, -0.25) is 4.90 Å². The van der Waals surface area contributed by atoms with Gasteiger partial charge in [0.25, 0.3) is 0 Å². The summed E-state index contributed by atoms with van der Waals surface area (Å²) in [7, 11) is 1.63. The van der Waals surface area contributed by atoms with Crippen molar-refractivity contribution in [1.82, 2.24) is 0 Å². The van der Waals surface area contributed by atoms with E-state index in [0.29, 0.717) is 12.5 Å². The van der Waals surface area contributed by atoms with Crippen LogP contribution in [0, 0.1) is 5.92 Å². The predicted octanol–water partition coefficient (Wildman–Crippen LogP) is 5.57. The highest BCUT2D eigenvalue weighted by molar-refractivity contribution is 5.88. The van der Waals surface area contributed by atoms with Crippen LogP contribution in [0.4, 0.5) is 10.5 Å². The molecule has 0 N–H and O–H groups in total. The number of allylic oxidation sites excluding steroid dienone is 1. The number of benzene rings is 1. The molecule has 0 radical (unpaired) electrons. The summed E-state index contributed by atoms with van der Waals surface area (Å²) in [5.74, 6) is 1.41. The Kier molecular flexibility index (Phi) is 6.91. The Hall–Kier alpha value is -1.97. The number of hydrogen-bond donors (Lipinski definition) is 0. The summed E-state index contributed by atoms with van der Waals surface area (Å²) >= 11 is 0. The number of rotatable bonds is 5. The smallest absolute Gasteiger partial charge is 0.415 e. The fourth-order valence-electron chi connectivity index (χ4n) is 3.05. The molecule has 0 aromatic heterocycles. The first-order valence-corrected chi connectivity index (χ1v) is 9.20. The number of methoxy groups -OCH3 is 1. The topological polar surface area (TPSA) is 38.8 Å². The molecule has 0 heterocycles. The van der Waals surface area contributed by atoms with E-state index in [1.165, 1.54) is 32.1 Å². The van der Waals surface area contributed by atoms with E-state index in [1.807, 2.05) is 45.0 Å². The molecule has 0 atom stereocenters. The second-order valence-electron chi connectivity index (χ2n) is 7.62. The van der Waals surface area contributed by atoms with Gasteiger partial charge in [0, 0.05) is 12.2 Å². The monoisotopic (exact) mass is 345 g/mol. The second kappa shape index (κ2) is 8.93. The normalized spacial score (nSPS) is 16.0. The van der Waals surface area contributed by atoms with Gasteiger partial charge in [-0.05, 0) is 63.8 Å². The van der Waals surface area contributed by atoms with E-state index in [9.17, 15) is 4.79 Å². The molecule has 0 saturated heterocycles. The third kappa shape index (κ3) is 6.45. The molecular formula is C21H31NO3. The number of ether oxygens (including phenoxy) is 2. The van der Waals surface area contributed by atoms with Crippen molar-refractivity contribution >= 4 is 11.8 Å². The highest BCUT2D eigenvalue weighted by atomic mass is 16.6. The van der Waals surface area contributed by atoms with Gasteiger partial charge in [-0.25, -0.2) is 4.79 Å². The molecule has 0 bridgehead atoms. The van der Waals surface area contributed by atoms with Gasteiger partial charge in [0.1, 0.15) is 11.4 Å². The van der Waals surface area contributed by atoms with Gasteiger partial charge in [-0.1, -0.05) is 31.4 Å². The second-order valence-corrected chi connectivity index (χ2v) is 7.62. The minimum Gasteiger partial charge on any atom is -0.497 e. The summed E-state index contributed by atoms with van der Waals surface area (Å²) in [4.78, 5) is 14.3. The van der Waals surface area contributed by atoms with Crippen LogP contribution < -0.4 is 9.64 Å². The molecule has 2 rings (SSSR count). The van der Waals surface area contributed by atoms with E-state index in [0.717, 1.165) is 11.4 Å². The fraction of sp³-hybridized carbons (Fsp3) is 0.571. The number of amides is 1. The maximum atomic E-state index is 12.6. The number of nitrogens with zero attached hydrogens (tertiary/aromatic N) is 1. The lowest BCUT2D eigenvalue weighted by Gasteiger charge is -2.27. The SMILES string of the molecule is COc1ccc(N(C/C=C/C2CCCCC2)C(=O)OC(C)(C)C)cc1. The van der Waals surface area contributed by atoms with Crippen LogP contribution in [0.1, 0.15) is 52.9 Å². The number of carbonyl (C=O) groups is 1. The van der Waals surface area contributed by atoms with Crippen molar-refractivity contribution in [3.63, 3.8) is 0 Å². The van der Waals surface area contributed by atoms with Crippen LogP contribution in [-0.4, -0.2) is 25.3 Å². The van der Waals surface area contributed by atoms with Crippen molar-refractivity contribution in [2.45, 2.75) is 58.5 Å². The van der Waals surface area contributed by atoms with Crippen LogP contribution in [0.5, 0.6) is 5.75 Å². The van der Waals surface area contributed by atoms with E-state index in [4.69, 9.17) is 9.47 Å². The van der Waals surface area contributed by atoms with Crippen molar-refractivity contribution < 1.29 is 14.3 Å². The average molecular weight is 345 g/mol. The van der Waals surface area contributed by atoms with Crippen LogP contribution in [0.2, 0.25) is 0 Å². The van der Waals surface area contributed by atoms with Gasteiger partial charge in [0.05, 0.1) is 7.11 Å². The molecule has 0 aliphatic heterocycles. The highest BCUT2D eigenvalue weighted by Gasteiger charge is 2.23. The van der Waals surface area contributed by atoms with E-state index >= 15 is 0 Å². The van der Waals surface area contributed by atoms with E-state index < -0.39 is 5.60 Å². The zero-order chi connectivity index (χ0) is 18.3. The summed E-state index contributed by atoms with van der Waals surface area (Å²) in [5, 5.41) is 0. The minimum absolute atomic E-state index is 0.328. The molecule has 1 aromatic rings. The zero-order valence-electron chi connectivity index (χ0n) is 16.0. The highest BCUT2D eigenvalue weighted by Crippen LogP contribution is 2.25. The number of carbonyl (C=O) groups excluding carboxylic acids is 1. The number of hydrogen-bond acceptors (Lipinski definition) is 3. The van der Waals surface area contributed by atoms with Gasteiger partial charge < -0.3 is 9.47 Å². The first-order valence-electron chi connectivity index (χ1n) is 9.20. The quantitative estimate of drug-likeness (QED) is 0.655. The third-order valence-corrected chi connectivity index (χ3v) is 4.34. The molecule has 25 heavy (non-hydrogen) atoms. The summed E-state index contributed by atoms with van der Waals surface area (Å²) < 4.78 is 10.8. The molecule has 0 spiro atoms. The Morgan fingerprint density at radius 2 is 1.80 bits per heavy atom. The largest absolute Gasteiger partial charge is 0.497 e. The Balaban J connectivity index is 2.09. The molecule has 4 nitrogen and oxygen atoms in total. The molecule has 138 valence electrons. The van der Waals surface area contributed by atoms with Gasteiger partial charge in [-0.2, -0.15) is 0 Å². The summed E-state index contributed by atoms with van der Waals surface area (Å²) in [6, 6.07) is 7.49. The van der Waals surface area contributed by atoms with Crippen molar-refractivity contribution in [1.29, 1.82) is 0 Å². The van der Waals surface area contributed by atoms with Crippen LogP contribution in [0.15, 0.2) is 36.4 Å². The maximum absolute atomic E-state index is 12.6. The van der Waals surface area contributed by atoms with Crippen LogP contribution >= 0.6 is 0 Å². The lowest BCUT2D eigenvalue weighted by Crippen LogP contribution is -2.37. The zero-order valence-corrected chi connectivity index (χ0v) is 16.0. The van der Waals surface area contributed by atoms with Gasteiger partial charge in [0.2, 0.25) is 0 Å². The van der Waals surface area contributed by atoms with Crippen LogP contribution in [0.3, 0.4) is 0 Å². The molecule has 1 fully saturated rings. The van der Waals surface area contributed by atoms with E-state index in [2.05, 4.69) is 12.2 Å². The van der Waals surface area contributed by atoms with Crippen LogP contribution in [-0.2, 0) is 4.74 Å². The van der Waals surface area contributed by atoms with Crippen molar-refractivity contribution in [3.05, 3.63) is 36.4 Å². The Labute approximate surface area is 151 Å². The molecule has 1 aromatic carbocycles. The van der Waals surface area contributed by atoms with Gasteiger partial charge in [0.15, 0.2) is 0 Å². The molecule has 1 aliphatic rings. The minimum atomic E-state index is -0.519. The molecule has 4 heteroatoms. The van der Waals surface area contributed by atoms with Crippen molar-refractivity contribution in [2.75, 3.05) is 18.6 Å². The lowest BCUT2D eigenvalue weighted by atomic mass is 9.89. The molecule has 1 saturated carbocycles. The summed E-state index contributed by atoms with van der Waals surface area (Å²) in [6.07, 6.45) is 10.5. The van der Waals surface area contributed by atoms with Gasteiger partial charge in [-0.15, -0.1) is 0 Å². The first-order chi connectivity index (χ1) is 11.9. The molecule has 1 amide bonds. The predicted molar refractivity (Wildman–Crippen MR) is 102 cm³/mol. The molecule has 0 unspecified atom stereocenters. The summed E-state index contributed by atoms with van der Waals surface area (Å²) in [6.45, 7) is 6.16. The number of anilines is 1.